The standard InChI is InChI=1S/C22H25NO4/c1-14-11-16(3)20-18(12-14)22(26,13-17(4)24)21(25)23(20)9-10-27-19-8-6-5-7-15(19)2/h5-8,11-12,26H,9-10,13H2,1-4H3. The highest BCUT2D eigenvalue weighted by Crippen LogP contribution is 2.44. The fraction of sp³-hybridized carbons (Fsp3) is 0.364. The van der Waals surface area contributed by atoms with Gasteiger partial charge in [-0.1, -0.05) is 35.9 Å². The van der Waals surface area contributed by atoms with Gasteiger partial charge in [0.1, 0.15) is 18.1 Å². The Morgan fingerprint density at radius 2 is 1.85 bits per heavy atom. The van der Waals surface area contributed by atoms with Gasteiger partial charge in [-0.15, -0.1) is 0 Å². The molecule has 2 aromatic rings. The third-order valence-corrected chi connectivity index (χ3v) is 4.93. The van der Waals surface area contributed by atoms with Gasteiger partial charge in [-0.05, 0) is 44.9 Å². The van der Waals surface area contributed by atoms with E-state index in [4.69, 9.17) is 4.74 Å². The number of ketones is 1. The number of aliphatic hydroxyl groups is 1. The van der Waals surface area contributed by atoms with Gasteiger partial charge in [-0.25, -0.2) is 0 Å². The number of para-hydroxylation sites is 1. The molecule has 1 heterocycles. The Bertz CT molecular complexity index is 905. The molecule has 0 fully saturated rings. The van der Waals surface area contributed by atoms with E-state index in [-0.39, 0.29) is 12.2 Å². The molecule has 5 nitrogen and oxygen atoms in total. The van der Waals surface area contributed by atoms with Gasteiger partial charge in [-0.3, -0.25) is 9.59 Å². The van der Waals surface area contributed by atoms with Crippen molar-refractivity contribution in [2.45, 2.75) is 39.7 Å². The molecule has 0 bridgehead atoms. The highest BCUT2D eigenvalue weighted by molar-refractivity contribution is 6.09. The summed E-state index contributed by atoms with van der Waals surface area (Å²) >= 11 is 0. The van der Waals surface area contributed by atoms with E-state index in [1.165, 1.54) is 6.92 Å². The number of nitrogens with zero attached hydrogens (tertiary/aromatic N) is 1. The summed E-state index contributed by atoms with van der Waals surface area (Å²) in [6.45, 7) is 7.76. The summed E-state index contributed by atoms with van der Waals surface area (Å²) in [5.74, 6) is 0.0766. The highest BCUT2D eigenvalue weighted by atomic mass is 16.5. The molecule has 0 spiro atoms. The zero-order valence-corrected chi connectivity index (χ0v) is 16.2. The van der Waals surface area contributed by atoms with Crippen molar-refractivity contribution in [1.29, 1.82) is 0 Å². The van der Waals surface area contributed by atoms with Crippen LogP contribution in [0.3, 0.4) is 0 Å². The van der Waals surface area contributed by atoms with Crippen LogP contribution in [0, 0.1) is 20.8 Å². The molecule has 0 radical (unpaired) electrons. The minimum atomic E-state index is -1.80. The average molecular weight is 367 g/mol. The Balaban J connectivity index is 1.89. The number of aryl methyl sites for hydroxylation is 3. The average Bonchev–Trinajstić information content (AvgIpc) is 2.78. The second-order valence-electron chi connectivity index (χ2n) is 7.29. The van der Waals surface area contributed by atoms with E-state index in [1.807, 2.05) is 51.1 Å². The second-order valence-corrected chi connectivity index (χ2v) is 7.29. The number of hydrogen-bond acceptors (Lipinski definition) is 4. The molecule has 1 N–H and O–H groups in total. The smallest absolute Gasteiger partial charge is 0.264 e. The van der Waals surface area contributed by atoms with Crippen molar-refractivity contribution in [1.82, 2.24) is 0 Å². The van der Waals surface area contributed by atoms with E-state index in [0.717, 1.165) is 22.4 Å². The van der Waals surface area contributed by atoms with Crippen molar-refractivity contribution in [3.05, 3.63) is 58.7 Å². The Labute approximate surface area is 159 Å². The monoisotopic (exact) mass is 367 g/mol. The van der Waals surface area contributed by atoms with Gasteiger partial charge in [-0.2, -0.15) is 0 Å². The number of carbonyl (C=O) groups excluding carboxylic acids is 2. The zero-order valence-electron chi connectivity index (χ0n) is 16.2. The molecule has 1 aliphatic heterocycles. The van der Waals surface area contributed by atoms with E-state index in [9.17, 15) is 14.7 Å². The minimum Gasteiger partial charge on any atom is -0.491 e. The summed E-state index contributed by atoms with van der Waals surface area (Å²) in [5.41, 5.74) is 2.25. The third kappa shape index (κ3) is 3.47. The minimum absolute atomic E-state index is 0.225. The first-order valence-electron chi connectivity index (χ1n) is 9.08. The number of hydrogen-bond donors (Lipinski definition) is 1. The Hall–Kier alpha value is -2.66. The lowest BCUT2D eigenvalue weighted by Gasteiger charge is -2.22. The maximum atomic E-state index is 13.1. The molecule has 3 rings (SSSR count). The lowest BCUT2D eigenvalue weighted by Crippen LogP contribution is -2.43. The van der Waals surface area contributed by atoms with Crippen molar-refractivity contribution in [2.24, 2.45) is 0 Å². The van der Waals surface area contributed by atoms with E-state index < -0.39 is 11.5 Å². The number of Topliss-reactive ketones (excluding diaryl/α,β-unsaturated/α-hetero) is 1. The van der Waals surface area contributed by atoms with E-state index in [2.05, 4.69) is 0 Å². The highest BCUT2D eigenvalue weighted by Gasteiger charge is 2.50. The zero-order chi connectivity index (χ0) is 19.8. The van der Waals surface area contributed by atoms with Crippen LogP contribution in [0.1, 0.15) is 35.6 Å². The molecule has 0 saturated heterocycles. The van der Waals surface area contributed by atoms with Gasteiger partial charge in [0, 0.05) is 12.0 Å². The molecule has 27 heavy (non-hydrogen) atoms. The Kier molecular flexibility index (Phi) is 5.07. The number of rotatable bonds is 6. The molecule has 0 aromatic heterocycles. The fourth-order valence-electron chi connectivity index (χ4n) is 3.78. The molecule has 5 heteroatoms. The third-order valence-electron chi connectivity index (χ3n) is 4.93. The van der Waals surface area contributed by atoms with Crippen LogP contribution in [-0.2, 0) is 15.2 Å². The van der Waals surface area contributed by atoms with Gasteiger partial charge in [0.25, 0.3) is 5.91 Å². The molecular weight excluding hydrogens is 342 g/mol. The van der Waals surface area contributed by atoms with Crippen molar-refractivity contribution >= 4 is 17.4 Å². The van der Waals surface area contributed by atoms with Gasteiger partial charge in [0.15, 0.2) is 5.60 Å². The summed E-state index contributed by atoms with van der Waals surface area (Å²) in [6.07, 6.45) is -0.225. The van der Waals surface area contributed by atoms with Crippen molar-refractivity contribution in [3.63, 3.8) is 0 Å². The van der Waals surface area contributed by atoms with Crippen LogP contribution >= 0.6 is 0 Å². The Morgan fingerprint density at radius 1 is 1.15 bits per heavy atom. The van der Waals surface area contributed by atoms with Crippen LogP contribution in [0.4, 0.5) is 5.69 Å². The van der Waals surface area contributed by atoms with Crippen molar-refractivity contribution < 1.29 is 19.4 Å². The molecule has 142 valence electrons. The molecular formula is C22H25NO4. The summed E-state index contributed by atoms with van der Waals surface area (Å²) < 4.78 is 5.83. The van der Waals surface area contributed by atoms with Gasteiger partial charge >= 0.3 is 0 Å². The van der Waals surface area contributed by atoms with Gasteiger partial charge in [0.2, 0.25) is 0 Å². The normalized spacial score (nSPS) is 18.6. The Morgan fingerprint density at radius 3 is 2.52 bits per heavy atom. The van der Waals surface area contributed by atoms with E-state index >= 15 is 0 Å². The van der Waals surface area contributed by atoms with Gasteiger partial charge in [0.05, 0.1) is 12.2 Å². The molecule has 1 unspecified atom stereocenters. The van der Waals surface area contributed by atoms with Crippen molar-refractivity contribution in [2.75, 3.05) is 18.1 Å². The summed E-state index contributed by atoms with van der Waals surface area (Å²) in [7, 11) is 0. The number of benzene rings is 2. The summed E-state index contributed by atoms with van der Waals surface area (Å²) in [5, 5.41) is 11.1. The predicted molar refractivity (Wildman–Crippen MR) is 104 cm³/mol. The van der Waals surface area contributed by atoms with Crippen LogP contribution in [0.15, 0.2) is 36.4 Å². The summed E-state index contributed by atoms with van der Waals surface area (Å²) in [4.78, 5) is 26.3. The quantitative estimate of drug-likeness (QED) is 0.851. The predicted octanol–water partition coefficient (Wildman–Crippen LogP) is 3.20. The van der Waals surface area contributed by atoms with Crippen LogP contribution in [0.2, 0.25) is 0 Å². The molecule has 0 aliphatic carbocycles. The first-order chi connectivity index (χ1) is 12.7. The fourth-order valence-corrected chi connectivity index (χ4v) is 3.78. The van der Waals surface area contributed by atoms with Crippen LogP contribution in [0.25, 0.3) is 0 Å². The maximum Gasteiger partial charge on any atom is 0.264 e. The lowest BCUT2D eigenvalue weighted by molar-refractivity contribution is -0.141. The van der Waals surface area contributed by atoms with Crippen LogP contribution in [0.5, 0.6) is 5.75 Å². The number of amides is 1. The van der Waals surface area contributed by atoms with Crippen LogP contribution < -0.4 is 9.64 Å². The summed E-state index contributed by atoms with van der Waals surface area (Å²) in [6, 6.07) is 11.5. The molecule has 1 atom stereocenters. The maximum absolute atomic E-state index is 13.1. The van der Waals surface area contributed by atoms with Crippen LogP contribution in [-0.4, -0.2) is 29.9 Å². The SMILES string of the molecule is CC(=O)CC1(O)C(=O)N(CCOc2ccccc2C)c2c(C)cc(C)cc21. The number of carbonyl (C=O) groups is 2. The van der Waals surface area contributed by atoms with Crippen molar-refractivity contribution in [3.8, 4) is 5.75 Å². The molecule has 1 aliphatic rings. The molecule has 1 amide bonds. The van der Waals surface area contributed by atoms with E-state index in [0.29, 0.717) is 24.4 Å². The molecule has 0 saturated carbocycles. The second kappa shape index (κ2) is 7.16. The topological polar surface area (TPSA) is 66.8 Å². The van der Waals surface area contributed by atoms with E-state index in [1.54, 1.807) is 11.0 Å². The largest absolute Gasteiger partial charge is 0.491 e. The number of ether oxygens (including phenoxy) is 1. The lowest BCUT2D eigenvalue weighted by atomic mass is 9.88. The van der Waals surface area contributed by atoms with Gasteiger partial charge < -0.3 is 14.7 Å². The first-order valence-corrected chi connectivity index (χ1v) is 9.08. The number of fused-ring (bicyclic) bond motifs is 1. The first kappa shape index (κ1) is 19.1. The molecule has 2 aromatic carbocycles. The number of anilines is 1.